The zero-order valence-corrected chi connectivity index (χ0v) is 15.6. The molecular weight excluding hydrogens is 368 g/mol. The highest BCUT2D eigenvalue weighted by atomic mass is 19.4. The molecule has 0 spiro atoms. The van der Waals surface area contributed by atoms with Gasteiger partial charge in [0.25, 0.3) is 0 Å². The Kier molecular flexibility index (Phi) is 7.86. The van der Waals surface area contributed by atoms with E-state index in [2.05, 4.69) is 20.9 Å². The second-order valence-corrected chi connectivity index (χ2v) is 6.58. The van der Waals surface area contributed by atoms with Gasteiger partial charge in [-0.1, -0.05) is 6.07 Å². The summed E-state index contributed by atoms with van der Waals surface area (Å²) >= 11 is 0. The van der Waals surface area contributed by atoms with Gasteiger partial charge in [-0.05, 0) is 38.5 Å². The molecule has 0 unspecified atom stereocenters. The number of amides is 1. The molecule has 0 saturated heterocycles. The van der Waals surface area contributed by atoms with Crippen LogP contribution in [0.2, 0.25) is 0 Å². The van der Waals surface area contributed by atoms with Gasteiger partial charge in [-0.15, -0.1) is 0 Å². The lowest BCUT2D eigenvalue weighted by molar-refractivity contribution is -0.138. The Hall–Kier alpha value is -2.52. The number of carbonyl (C=O) groups excluding carboxylic acids is 1. The molecule has 0 aliphatic heterocycles. The first kappa shape index (κ1) is 22.5. The third-order valence-electron chi connectivity index (χ3n) is 3.13. The molecule has 0 saturated carbocycles. The van der Waals surface area contributed by atoms with Crippen molar-refractivity contribution in [1.82, 2.24) is 16.0 Å². The van der Waals surface area contributed by atoms with Gasteiger partial charge in [-0.2, -0.15) is 13.2 Å². The fourth-order valence-electron chi connectivity index (χ4n) is 2.03. The number of benzene rings is 1. The minimum absolute atomic E-state index is 0.112. The van der Waals surface area contributed by atoms with Crippen molar-refractivity contribution in [2.24, 2.45) is 4.99 Å². The van der Waals surface area contributed by atoms with E-state index in [-0.39, 0.29) is 31.2 Å². The standard InChI is InChI=1S/C17H24F4N4O2/c1-16(2,3)27-15(26)24-8-7-23-14(22-4)25-10-11-5-6-12(18)9-13(11)17(19,20)21/h5-6,9H,7-8,10H2,1-4H3,(H,24,26)(H2,22,23,25). The van der Waals surface area contributed by atoms with E-state index in [4.69, 9.17) is 4.74 Å². The summed E-state index contributed by atoms with van der Waals surface area (Å²) in [5.41, 5.74) is -1.77. The van der Waals surface area contributed by atoms with Crippen molar-refractivity contribution in [1.29, 1.82) is 0 Å². The van der Waals surface area contributed by atoms with Gasteiger partial charge in [0.1, 0.15) is 11.4 Å². The molecule has 6 nitrogen and oxygen atoms in total. The van der Waals surface area contributed by atoms with E-state index >= 15 is 0 Å². The van der Waals surface area contributed by atoms with Crippen LogP contribution in [0, 0.1) is 5.82 Å². The van der Waals surface area contributed by atoms with Crippen LogP contribution >= 0.6 is 0 Å². The summed E-state index contributed by atoms with van der Waals surface area (Å²) in [6.45, 7) is 5.51. The minimum Gasteiger partial charge on any atom is -0.444 e. The number of alkyl carbamates (subject to hydrolysis) is 1. The van der Waals surface area contributed by atoms with Crippen molar-refractivity contribution in [3.8, 4) is 0 Å². The molecule has 1 amide bonds. The number of hydrogen-bond acceptors (Lipinski definition) is 3. The molecule has 0 aliphatic carbocycles. The number of aliphatic imine (C=N–C) groups is 1. The molecular formula is C17H24F4N4O2. The monoisotopic (exact) mass is 392 g/mol. The molecule has 1 aromatic carbocycles. The summed E-state index contributed by atoms with van der Waals surface area (Å²) in [6, 6.07) is 2.49. The van der Waals surface area contributed by atoms with Crippen LogP contribution in [0.3, 0.4) is 0 Å². The molecule has 10 heteroatoms. The molecule has 0 fully saturated rings. The Morgan fingerprint density at radius 1 is 1.11 bits per heavy atom. The second kappa shape index (κ2) is 9.43. The highest BCUT2D eigenvalue weighted by molar-refractivity contribution is 5.79. The summed E-state index contributed by atoms with van der Waals surface area (Å²) < 4.78 is 57.1. The predicted octanol–water partition coefficient (Wildman–Crippen LogP) is 3.03. The van der Waals surface area contributed by atoms with Crippen LogP contribution in [0.5, 0.6) is 0 Å². The zero-order valence-electron chi connectivity index (χ0n) is 15.6. The molecule has 0 atom stereocenters. The quantitative estimate of drug-likeness (QED) is 0.312. The van der Waals surface area contributed by atoms with Crippen LogP contribution in [-0.4, -0.2) is 37.8 Å². The number of hydrogen-bond donors (Lipinski definition) is 3. The molecule has 0 heterocycles. The average molecular weight is 392 g/mol. The van der Waals surface area contributed by atoms with Crippen LogP contribution in [0.4, 0.5) is 22.4 Å². The van der Waals surface area contributed by atoms with Crippen molar-refractivity contribution in [3.63, 3.8) is 0 Å². The SMILES string of the molecule is CN=C(NCCNC(=O)OC(C)(C)C)NCc1ccc(F)cc1C(F)(F)F. The summed E-state index contributed by atoms with van der Waals surface area (Å²) in [7, 11) is 1.45. The van der Waals surface area contributed by atoms with Crippen molar-refractivity contribution in [2.75, 3.05) is 20.1 Å². The smallest absolute Gasteiger partial charge is 0.416 e. The van der Waals surface area contributed by atoms with E-state index in [9.17, 15) is 22.4 Å². The number of carbonyl (C=O) groups is 1. The van der Waals surface area contributed by atoms with Crippen molar-refractivity contribution < 1.29 is 27.1 Å². The fraction of sp³-hybridized carbons (Fsp3) is 0.529. The number of halogens is 4. The Balaban J connectivity index is 2.51. The van der Waals surface area contributed by atoms with E-state index in [1.165, 1.54) is 7.05 Å². The van der Waals surface area contributed by atoms with E-state index in [0.717, 1.165) is 12.1 Å². The van der Waals surface area contributed by atoms with Gasteiger partial charge in [-0.3, -0.25) is 4.99 Å². The van der Waals surface area contributed by atoms with E-state index in [1.807, 2.05) is 0 Å². The second-order valence-electron chi connectivity index (χ2n) is 6.58. The first-order valence-corrected chi connectivity index (χ1v) is 8.19. The third kappa shape index (κ3) is 8.61. The van der Waals surface area contributed by atoms with Gasteiger partial charge >= 0.3 is 12.3 Å². The van der Waals surface area contributed by atoms with Gasteiger partial charge in [0.15, 0.2) is 5.96 Å². The molecule has 0 bridgehead atoms. The summed E-state index contributed by atoms with van der Waals surface area (Å²) in [5.74, 6) is -0.722. The minimum atomic E-state index is -4.66. The Morgan fingerprint density at radius 3 is 2.30 bits per heavy atom. The molecule has 27 heavy (non-hydrogen) atoms. The Labute approximate surface area is 155 Å². The molecule has 1 aromatic rings. The zero-order chi connectivity index (χ0) is 20.7. The lowest BCUT2D eigenvalue weighted by Gasteiger charge is -2.20. The number of ether oxygens (including phenoxy) is 1. The van der Waals surface area contributed by atoms with Gasteiger partial charge in [-0.25, -0.2) is 9.18 Å². The highest BCUT2D eigenvalue weighted by Crippen LogP contribution is 2.32. The largest absolute Gasteiger partial charge is 0.444 e. The number of nitrogens with one attached hydrogen (secondary N) is 3. The van der Waals surface area contributed by atoms with E-state index in [1.54, 1.807) is 20.8 Å². The molecule has 152 valence electrons. The van der Waals surface area contributed by atoms with Crippen molar-refractivity contribution in [3.05, 3.63) is 35.1 Å². The van der Waals surface area contributed by atoms with Crippen LogP contribution < -0.4 is 16.0 Å². The van der Waals surface area contributed by atoms with Crippen molar-refractivity contribution in [2.45, 2.75) is 39.1 Å². The van der Waals surface area contributed by atoms with E-state index < -0.39 is 29.3 Å². The number of alkyl halides is 3. The molecule has 3 N–H and O–H groups in total. The lowest BCUT2D eigenvalue weighted by atomic mass is 10.1. The Morgan fingerprint density at radius 2 is 1.74 bits per heavy atom. The summed E-state index contributed by atoms with van der Waals surface area (Å²) in [5, 5.41) is 8.09. The van der Waals surface area contributed by atoms with Gasteiger partial charge in [0.05, 0.1) is 5.56 Å². The predicted molar refractivity (Wildman–Crippen MR) is 93.8 cm³/mol. The highest BCUT2D eigenvalue weighted by Gasteiger charge is 2.33. The van der Waals surface area contributed by atoms with Crippen LogP contribution in [0.1, 0.15) is 31.9 Å². The first-order chi connectivity index (χ1) is 12.4. The number of nitrogens with zero attached hydrogens (tertiary/aromatic N) is 1. The van der Waals surface area contributed by atoms with E-state index in [0.29, 0.717) is 6.07 Å². The first-order valence-electron chi connectivity index (χ1n) is 8.19. The number of guanidine groups is 1. The maximum Gasteiger partial charge on any atom is 0.416 e. The van der Waals surface area contributed by atoms with Crippen molar-refractivity contribution >= 4 is 12.1 Å². The number of rotatable bonds is 5. The van der Waals surface area contributed by atoms with Crippen LogP contribution in [0.15, 0.2) is 23.2 Å². The third-order valence-corrected chi connectivity index (χ3v) is 3.13. The molecule has 0 aromatic heterocycles. The van der Waals surface area contributed by atoms with Crippen LogP contribution in [0.25, 0.3) is 0 Å². The average Bonchev–Trinajstić information content (AvgIpc) is 2.52. The van der Waals surface area contributed by atoms with Gasteiger partial charge in [0.2, 0.25) is 0 Å². The van der Waals surface area contributed by atoms with Gasteiger partial charge < -0.3 is 20.7 Å². The van der Waals surface area contributed by atoms with Crippen LogP contribution in [-0.2, 0) is 17.5 Å². The fourth-order valence-corrected chi connectivity index (χ4v) is 2.03. The lowest BCUT2D eigenvalue weighted by Crippen LogP contribution is -2.42. The summed E-state index contributed by atoms with van der Waals surface area (Å²) in [4.78, 5) is 15.4. The van der Waals surface area contributed by atoms with Gasteiger partial charge in [0, 0.05) is 26.7 Å². The Bertz CT molecular complexity index is 670. The molecule has 1 rings (SSSR count). The summed E-state index contributed by atoms with van der Waals surface area (Å²) in [6.07, 6.45) is -5.23. The normalized spacial score (nSPS) is 12.5. The molecule has 0 radical (unpaired) electrons. The maximum atomic E-state index is 13.1. The molecule has 0 aliphatic rings. The maximum absolute atomic E-state index is 13.1. The topological polar surface area (TPSA) is 74.8 Å².